The number of nitrogens with one attached hydrogen (secondary N) is 1. The van der Waals surface area contributed by atoms with E-state index in [0.29, 0.717) is 17.9 Å². The van der Waals surface area contributed by atoms with Gasteiger partial charge in [0.25, 0.3) is 0 Å². The lowest BCUT2D eigenvalue weighted by Crippen LogP contribution is -2.47. The van der Waals surface area contributed by atoms with E-state index in [0.717, 1.165) is 12.1 Å². The predicted molar refractivity (Wildman–Crippen MR) is 95.3 cm³/mol. The Morgan fingerprint density at radius 2 is 2.13 bits per heavy atom. The molecule has 1 unspecified atom stereocenters. The summed E-state index contributed by atoms with van der Waals surface area (Å²) in [4.78, 5) is 5.95. The molecule has 0 amide bonds. The number of hydrogen-bond acceptors (Lipinski definition) is 1. The molecule has 126 valence electrons. The first-order chi connectivity index (χ1) is 10.9. The monoisotopic (exact) mass is 316 g/mol. The molecule has 1 N–H and O–H groups in total. The van der Waals surface area contributed by atoms with Crippen LogP contribution in [-0.2, 0) is 0 Å². The molecule has 2 aromatic rings. The van der Waals surface area contributed by atoms with Gasteiger partial charge in [-0.3, -0.25) is 4.90 Å². The standard InChI is InChI=1S/C20H29FN2/c1-6-9-20(5)14(4)18(12-23(20)13(2)3)17-11-22-19-10-15(21)7-8-16(17)19/h7-8,10-11,13-14,18,22H,6,9,12H2,1-5H3/t14-,18+,20?/m1/s1. The predicted octanol–water partition coefficient (Wildman–Crippen LogP) is 5.31. The molecule has 2 heterocycles. The van der Waals surface area contributed by atoms with Crippen LogP contribution in [-0.4, -0.2) is 28.0 Å². The van der Waals surface area contributed by atoms with Crippen LogP contribution in [0.3, 0.4) is 0 Å². The van der Waals surface area contributed by atoms with Crippen LogP contribution in [0.4, 0.5) is 4.39 Å². The Hall–Kier alpha value is -1.35. The van der Waals surface area contributed by atoms with E-state index in [4.69, 9.17) is 0 Å². The number of fused-ring (bicyclic) bond motifs is 1. The molecular formula is C20H29FN2. The Kier molecular flexibility index (Phi) is 4.26. The number of rotatable bonds is 4. The summed E-state index contributed by atoms with van der Waals surface area (Å²) in [6.45, 7) is 12.8. The molecule has 0 spiro atoms. The molecule has 3 atom stereocenters. The van der Waals surface area contributed by atoms with Gasteiger partial charge in [-0.25, -0.2) is 4.39 Å². The van der Waals surface area contributed by atoms with Crippen LogP contribution < -0.4 is 0 Å². The van der Waals surface area contributed by atoms with Crippen molar-refractivity contribution in [3.8, 4) is 0 Å². The number of aromatic amines is 1. The fourth-order valence-electron chi connectivity index (χ4n) is 4.75. The zero-order valence-corrected chi connectivity index (χ0v) is 15.0. The minimum atomic E-state index is -0.176. The SMILES string of the molecule is CCCC1(C)[C@H](C)[C@@H](c2c[nH]c3cc(F)ccc23)CN1C(C)C. The third kappa shape index (κ3) is 2.59. The summed E-state index contributed by atoms with van der Waals surface area (Å²) in [5.41, 5.74) is 2.49. The minimum Gasteiger partial charge on any atom is -0.361 e. The van der Waals surface area contributed by atoms with Crippen molar-refractivity contribution in [1.82, 2.24) is 9.88 Å². The first-order valence-electron chi connectivity index (χ1n) is 8.91. The van der Waals surface area contributed by atoms with Crippen molar-refractivity contribution in [1.29, 1.82) is 0 Å². The lowest BCUT2D eigenvalue weighted by molar-refractivity contribution is 0.0826. The smallest absolute Gasteiger partial charge is 0.125 e. The van der Waals surface area contributed by atoms with Crippen LogP contribution >= 0.6 is 0 Å². The topological polar surface area (TPSA) is 19.0 Å². The Balaban J connectivity index is 2.02. The van der Waals surface area contributed by atoms with Gasteiger partial charge in [0.05, 0.1) is 0 Å². The summed E-state index contributed by atoms with van der Waals surface area (Å²) in [6.07, 6.45) is 4.52. The molecule has 0 bridgehead atoms. The molecule has 0 radical (unpaired) electrons. The molecule has 1 aromatic heterocycles. The third-order valence-electron chi connectivity index (χ3n) is 6.09. The number of hydrogen-bond donors (Lipinski definition) is 1. The van der Waals surface area contributed by atoms with Gasteiger partial charge in [0.2, 0.25) is 0 Å². The molecule has 1 fully saturated rings. The maximum absolute atomic E-state index is 13.5. The summed E-state index contributed by atoms with van der Waals surface area (Å²) in [5.74, 6) is 0.895. The second-order valence-corrected chi connectivity index (χ2v) is 7.68. The van der Waals surface area contributed by atoms with Crippen molar-refractivity contribution in [3.05, 3.63) is 35.8 Å². The maximum Gasteiger partial charge on any atom is 0.125 e. The van der Waals surface area contributed by atoms with Crippen LogP contribution in [0.15, 0.2) is 24.4 Å². The highest BCUT2D eigenvalue weighted by molar-refractivity contribution is 5.84. The average molecular weight is 316 g/mol. The van der Waals surface area contributed by atoms with Crippen molar-refractivity contribution in [2.24, 2.45) is 5.92 Å². The second-order valence-electron chi connectivity index (χ2n) is 7.68. The molecule has 1 saturated heterocycles. The van der Waals surface area contributed by atoms with E-state index in [1.165, 1.54) is 23.8 Å². The van der Waals surface area contributed by atoms with E-state index in [1.54, 1.807) is 12.1 Å². The van der Waals surface area contributed by atoms with Gasteiger partial charge in [-0.05, 0) is 56.9 Å². The van der Waals surface area contributed by atoms with Crippen molar-refractivity contribution in [2.45, 2.75) is 65.0 Å². The minimum absolute atomic E-state index is 0.176. The van der Waals surface area contributed by atoms with E-state index in [2.05, 4.69) is 50.7 Å². The van der Waals surface area contributed by atoms with Crippen molar-refractivity contribution >= 4 is 10.9 Å². The van der Waals surface area contributed by atoms with Gasteiger partial charge in [-0.1, -0.05) is 20.3 Å². The van der Waals surface area contributed by atoms with Crippen molar-refractivity contribution < 1.29 is 4.39 Å². The number of H-pyrrole nitrogens is 1. The van der Waals surface area contributed by atoms with Crippen LogP contribution in [0.5, 0.6) is 0 Å². The maximum atomic E-state index is 13.5. The first kappa shape index (κ1) is 16.5. The fraction of sp³-hybridized carbons (Fsp3) is 0.600. The van der Waals surface area contributed by atoms with E-state index in [-0.39, 0.29) is 11.4 Å². The molecule has 0 saturated carbocycles. The van der Waals surface area contributed by atoms with Gasteiger partial charge >= 0.3 is 0 Å². The Bertz CT molecular complexity index is 690. The van der Waals surface area contributed by atoms with Gasteiger partial charge in [-0.15, -0.1) is 0 Å². The quantitative estimate of drug-likeness (QED) is 0.810. The lowest BCUT2D eigenvalue weighted by Gasteiger charge is -2.41. The van der Waals surface area contributed by atoms with Gasteiger partial charge in [0.15, 0.2) is 0 Å². The largest absolute Gasteiger partial charge is 0.361 e. The number of nitrogens with zero attached hydrogens (tertiary/aromatic N) is 1. The van der Waals surface area contributed by atoms with Gasteiger partial charge in [0.1, 0.15) is 5.82 Å². The van der Waals surface area contributed by atoms with Gasteiger partial charge < -0.3 is 4.98 Å². The summed E-state index contributed by atoms with van der Waals surface area (Å²) in [6, 6.07) is 5.65. The fourth-order valence-corrected chi connectivity index (χ4v) is 4.75. The van der Waals surface area contributed by atoms with Gasteiger partial charge in [0, 0.05) is 41.1 Å². The summed E-state index contributed by atoms with van der Waals surface area (Å²) >= 11 is 0. The molecule has 23 heavy (non-hydrogen) atoms. The first-order valence-corrected chi connectivity index (χ1v) is 8.91. The molecule has 2 nitrogen and oxygen atoms in total. The van der Waals surface area contributed by atoms with E-state index in [1.807, 2.05) is 6.07 Å². The molecule has 3 heteroatoms. The highest BCUT2D eigenvalue weighted by Gasteiger charge is 2.49. The normalized spacial score (nSPS) is 29.0. The molecule has 1 aromatic carbocycles. The average Bonchev–Trinajstić information content (AvgIpc) is 3.00. The second kappa shape index (κ2) is 5.94. The van der Waals surface area contributed by atoms with Crippen LogP contribution in [0.2, 0.25) is 0 Å². The highest BCUT2D eigenvalue weighted by Crippen LogP contribution is 2.48. The zero-order valence-electron chi connectivity index (χ0n) is 15.0. The number of halogens is 1. The van der Waals surface area contributed by atoms with Crippen LogP contribution in [0, 0.1) is 11.7 Å². The Morgan fingerprint density at radius 1 is 1.39 bits per heavy atom. The highest BCUT2D eigenvalue weighted by atomic mass is 19.1. The number of benzene rings is 1. The summed E-state index contributed by atoms with van der Waals surface area (Å²) in [7, 11) is 0. The molecule has 1 aliphatic rings. The molecule has 1 aliphatic heterocycles. The Morgan fingerprint density at radius 3 is 2.78 bits per heavy atom. The summed E-state index contributed by atoms with van der Waals surface area (Å²) < 4.78 is 13.5. The number of likely N-dealkylation sites (tertiary alicyclic amines) is 1. The molecule has 3 rings (SSSR count). The summed E-state index contributed by atoms with van der Waals surface area (Å²) in [5, 5.41) is 1.17. The van der Waals surface area contributed by atoms with Crippen molar-refractivity contribution in [2.75, 3.05) is 6.54 Å². The number of aromatic nitrogens is 1. The van der Waals surface area contributed by atoms with Gasteiger partial charge in [-0.2, -0.15) is 0 Å². The zero-order chi connectivity index (χ0) is 16.8. The van der Waals surface area contributed by atoms with E-state index >= 15 is 0 Å². The van der Waals surface area contributed by atoms with E-state index < -0.39 is 0 Å². The molecular weight excluding hydrogens is 287 g/mol. The Labute approximate surface area is 139 Å². The molecule has 0 aliphatic carbocycles. The lowest BCUT2D eigenvalue weighted by atomic mass is 9.77. The third-order valence-corrected chi connectivity index (χ3v) is 6.09. The van der Waals surface area contributed by atoms with Crippen LogP contribution in [0.25, 0.3) is 10.9 Å². The van der Waals surface area contributed by atoms with Crippen molar-refractivity contribution in [3.63, 3.8) is 0 Å². The van der Waals surface area contributed by atoms with E-state index in [9.17, 15) is 4.39 Å². The van der Waals surface area contributed by atoms with Crippen LogP contribution in [0.1, 0.15) is 58.9 Å².